The number of hydrogen-bond donors (Lipinski definition) is 1. The summed E-state index contributed by atoms with van der Waals surface area (Å²) in [5.74, 6) is -0.462. The molecule has 0 saturated carbocycles. The van der Waals surface area contributed by atoms with Crippen molar-refractivity contribution in [2.45, 2.75) is 44.3 Å². The van der Waals surface area contributed by atoms with Crippen LogP contribution in [-0.4, -0.2) is 65.7 Å². The van der Waals surface area contributed by atoms with Crippen molar-refractivity contribution >= 4 is 33.2 Å². The number of aliphatic imine (C=N–C) groups is 1. The van der Waals surface area contributed by atoms with Gasteiger partial charge in [-0.1, -0.05) is 18.2 Å². The summed E-state index contributed by atoms with van der Waals surface area (Å²) in [5.41, 5.74) is 10.2. The number of fused-ring (bicyclic) bond motifs is 1. The monoisotopic (exact) mass is 561 g/mol. The molecule has 0 aliphatic carbocycles. The summed E-state index contributed by atoms with van der Waals surface area (Å²) in [4.78, 5) is 21.2. The van der Waals surface area contributed by atoms with Crippen LogP contribution in [0.2, 0.25) is 0 Å². The molecule has 0 unspecified atom stereocenters. The summed E-state index contributed by atoms with van der Waals surface area (Å²) < 4.78 is 64.1. The Hall–Kier alpha value is -3.51. The number of sulfonamides is 1. The number of rotatable bonds is 9. The van der Waals surface area contributed by atoms with Gasteiger partial charge in [0.05, 0.1) is 30.6 Å². The number of carbonyl (C=O) groups is 1. The topological polar surface area (TPSA) is 110 Å². The first-order valence-corrected chi connectivity index (χ1v) is 14.3. The Morgan fingerprint density at radius 3 is 2.62 bits per heavy atom. The SMILES string of the molecule is CS(=O)(=O)N1CCC(N=CC(=CN)c2ccn3c(-c4cccc(CC(=O)CCC(F)(F)F)c4)cnc3c2)CC1. The van der Waals surface area contributed by atoms with Crippen molar-refractivity contribution in [1.29, 1.82) is 0 Å². The fourth-order valence-electron chi connectivity index (χ4n) is 4.53. The molecule has 1 aliphatic heterocycles. The van der Waals surface area contributed by atoms with Crippen LogP contribution in [0, 0.1) is 0 Å². The van der Waals surface area contributed by atoms with Gasteiger partial charge in [-0.2, -0.15) is 13.2 Å². The number of allylic oxidation sites excluding steroid dienone is 1. The average Bonchev–Trinajstić information content (AvgIpc) is 3.31. The predicted molar refractivity (Wildman–Crippen MR) is 145 cm³/mol. The first-order valence-electron chi connectivity index (χ1n) is 12.5. The van der Waals surface area contributed by atoms with Crippen molar-refractivity contribution in [3.63, 3.8) is 0 Å². The van der Waals surface area contributed by atoms with Gasteiger partial charge in [-0.25, -0.2) is 17.7 Å². The molecule has 8 nitrogen and oxygen atoms in total. The summed E-state index contributed by atoms with van der Waals surface area (Å²) >= 11 is 0. The third-order valence-corrected chi connectivity index (χ3v) is 7.96. The number of nitrogens with zero attached hydrogens (tertiary/aromatic N) is 4. The molecule has 3 heterocycles. The molecule has 0 radical (unpaired) electrons. The Morgan fingerprint density at radius 2 is 1.95 bits per heavy atom. The molecule has 0 amide bonds. The minimum atomic E-state index is -4.35. The van der Waals surface area contributed by atoms with E-state index in [4.69, 9.17) is 5.73 Å². The molecule has 0 spiro atoms. The van der Waals surface area contributed by atoms with E-state index in [0.29, 0.717) is 42.7 Å². The molecule has 2 N–H and O–H groups in total. The highest BCUT2D eigenvalue weighted by molar-refractivity contribution is 7.88. The lowest BCUT2D eigenvalue weighted by Gasteiger charge is -2.28. The Kier molecular flexibility index (Phi) is 8.55. The van der Waals surface area contributed by atoms with Gasteiger partial charge in [0, 0.05) is 55.7 Å². The van der Waals surface area contributed by atoms with Crippen LogP contribution in [0.4, 0.5) is 13.2 Å². The van der Waals surface area contributed by atoms with Gasteiger partial charge in [0.1, 0.15) is 11.4 Å². The summed E-state index contributed by atoms with van der Waals surface area (Å²) in [7, 11) is -3.19. The van der Waals surface area contributed by atoms with Gasteiger partial charge in [-0.05, 0) is 42.2 Å². The van der Waals surface area contributed by atoms with E-state index in [9.17, 15) is 26.4 Å². The van der Waals surface area contributed by atoms with Gasteiger partial charge >= 0.3 is 6.18 Å². The number of nitrogens with two attached hydrogens (primary N) is 1. The lowest BCUT2D eigenvalue weighted by Crippen LogP contribution is -2.38. The first-order chi connectivity index (χ1) is 18.4. The van der Waals surface area contributed by atoms with E-state index in [1.54, 1.807) is 30.6 Å². The molecular formula is C27H30F3N5O3S. The summed E-state index contributed by atoms with van der Waals surface area (Å²) in [6.45, 7) is 0.877. The number of ketones is 1. The van der Waals surface area contributed by atoms with Crippen molar-refractivity contribution in [2.24, 2.45) is 10.7 Å². The van der Waals surface area contributed by atoms with Crippen molar-refractivity contribution in [3.05, 3.63) is 66.1 Å². The average molecular weight is 562 g/mol. The van der Waals surface area contributed by atoms with E-state index in [2.05, 4.69) is 9.98 Å². The number of alkyl halides is 3. The fourth-order valence-corrected chi connectivity index (χ4v) is 5.41. The molecule has 0 atom stereocenters. The molecule has 1 aromatic carbocycles. The Morgan fingerprint density at radius 1 is 1.21 bits per heavy atom. The van der Waals surface area contributed by atoms with Gasteiger partial charge in [-0.3, -0.25) is 14.2 Å². The van der Waals surface area contributed by atoms with Crippen LogP contribution in [0.3, 0.4) is 0 Å². The zero-order valence-electron chi connectivity index (χ0n) is 21.4. The lowest BCUT2D eigenvalue weighted by atomic mass is 10.0. The van der Waals surface area contributed by atoms with E-state index < -0.39 is 34.8 Å². The second kappa shape index (κ2) is 11.7. The van der Waals surface area contributed by atoms with E-state index in [-0.39, 0.29) is 12.5 Å². The second-order valence-electron chi connectivity index (χ2n) is 9.61. The molecule has 3 aromatic rings. The van der Waals surface area contributed by atoms with Gasteiger partial charge < -0.3 is 5.73 Å². The number of Topliss-reactive ketones (excluding diaryl/α,β-unsaturated/α-hetero) is 1. The minimum absolute atomic E-state index is 0.00679. The number of piperidine rings is 1. The predicted octanol–water partition coefficient (Wildman–Crippen LogP) is 4.25. The molecule has 1 aliphatic rings. The highest BCUT2D eigenvalue weighted by atomic mass is 32.2. The maximum Gasteiger partial charge on any atom is 0.389 e. The minimum Gasteiger partial charge on any atom is -0.404 e. The number of halogens is 3. The third kappa shape index (κ3) is 7.54. The van der Waals surface area contributed by atoms with Crippen molar-refractivity contribution < 1.29 is 26.4 Å². The summed E-state index contributed by atoms with van der Waals surface area (Å²) in [5, 5.41) is 0. The van der Waals surface area contributed by atoms with Crippen molar-refractivity contribution in [2.75, 3.05) is 19.3 Å². The van der Waals surface area contributed by atoms with Gasteiger partial charge in [-0.15, -0.1) is 0 Å². The zero-order chi connectivity index (χ0) is 28.2. The summed E-state index contributed by atoms with van der Waals surface area (Å²) in [6.07, 6.45) is 3.12. The Bertz CT molecular complexity index is 1500. The van der Waals surface area contributed by atoms with Crippen LogP contribution in [0.5, 0.6) is 0 Å². The van der Waals surface area contributed by atoms with E-state index in [1.165, 1.54) is 16.8 Å². The first kappa shape index (κ1) is 28.5. The number of imidazole rings is 1. The quantitative estimate of drug-likeness (QED) is 0.393. The maximum absolute atomic E-state index is 12.4. The standard InChI is InChI=1S/C27H30F3N5O3S/c1-39(37,38)34-10-7-23(8-11-34)32-17-22(16-31)20-6-12-35-25(18-33-26(35)15-20)21-4-2-3-19(13-21)14-24(36)5-9-27(28,29)30/h2-4,6,12-13,15-18,23H,5,7-11,14,31H2,1H3. The number of hydrogen-bond acceptors (Lipinski definition) is 6. The van der Waals surface area contributed by atoms with Crippen molar-refractivity contribution in [3.8, 4) is 11.3 Å². The fraction of sp³-hybridized carbons (Fsp3) is 0.370. The number of carbonyl (C=O) groups excluding carboxylic acids is 1. The molecule has 1 fully saturated rings. The summed E-state index contributed by atoms with van der Waals surface area (Å²) in [6, 6.07) is 10.9. The second-order valence-corrected chi connectivity index (χ2v) is 11.6. The third-order valence-electron chi connectivity index (χ3n) is 6.65. The molecule has 4 rings (SSSR count). The molecule has 2 aromatic heterocycles. The number of pyridine rings is 1. The maximum atomic E-state index is 12.4. The largest absolute Gasteiger partial charge is 0.404 e. The van der Waals surface area contributed by atoms with Gasteiger partial charge in [0.25, 0.3) is 0 Å². The molecular weight excluding hydrogens is 531 g/mol. The van der Waals surface area contributed by atoms with Gasteiger partial charge in [0.15, 0.2) is 0 Å². The van der Waals surface area contributed by atoms with Crippen LogP contribution in [-0.2, 0) is 21.2 Å². The molecule has 208 valence electrons. The van der Waals surface area contributed by atoms with Crippen LogP contribution < -0.4 is 5.73 Å². The van der Waals surface area contributed by atoms with Crippen molar-refractivity contribution in [1.82, 2.24) is 13.7 Å². The molecule has 12 heteroatoms. The van der Waals surface area contributed by atoms with Crippen LogP contribution in [0.25, 0.3) is 22.5 Å². The van der Waals surface area contributed by atoms with Gasteiger partial charge in [0.2, 0.25) is 10.0 Å². The van der Waals surface area contributed by atoms with E-state index in [1.807, 2.05) is 28.8 Å². The lowest BCUT2D eigenvalue weighted by molar-refractivity contribution is -0.143. The van der Waals surface area contributed by atoms with Crippen LogP contribution in [0.15, 0.2) is 60.0 Å². The molecule has 0 bridgehead atoms. The van der Waals surface area contributed by atoms with E-state index >= 15 is 0 Å². The zero-order valence-corrected chi connectivity index (χ0v) is 22.3. The Balaban J connectivity index is 1.46. The normalized spacial score (nSPS) is 16.4. The Labute approximate surface area is 225 Å². The number of aromatic nitrogens is 2. The van der Waals surface area contributed by atoms with Crippen LogP contribution in [0.1, 0.15) is 36.8 Å². The smallest absolute Gasteiger partial charge is 0.389 e. The van der Waals surface area contributed by atoms with Crippen LogP contribution >= 0.6 is 0 Å². The van der Waals surface area contributed by atoms with E-state index in [0.717, 1.165) is 16.8 Å². The molecule has 1 saturated heterocycles. The highest BCUT2D eigenvalue weighted by Crippen LogP contribution is 2.26. The highest BCUT2D eigenvalue weighted by Gasteiger charge is 2.28. The number of benzene rings is 1. The molecule has 39 heavy (non-hydrogen) atoms.